The molecule has 2 heterocycles. The second-order valence-corrected chi connectivity index (χ2v) is 3.53. The van der Waals surface area contributed by atoms with Crippen LogP contribution in [0.25, 0.3) is 0 Å². The van der Waals surface area contributed by atoms with Gasteiger partial charge in [-0.3, -0.25) is 9.48 Å². The standard InChI is InChI=1S/C9H13N7O/c1-16-7(4-6-11-16)9(17)10-5-2-3-8-12-14-15-13-8/h4,6H,2-3,5H2,1H3,(H,10,17)(H,12,13,14,15). The number of hydrogen-bond acceptors (Lipinski definition) is 5. The van der Waals surface area contributed by atoms with E-state index in [4.69, 9.17) is 0 Å². The number of H-pyrrole nitrogens is 1. The third-order valence-electron chi connectivity index (χ3n) is 2.31. The average Bonchev–Trinajstić information content (AvgIpc) is 2.95. The molecule has 2 aromatic heterocycles. The molecule has 0 aliphatic rings. The summed E-state index contributed by atoms with van der Waals surface area (Å²) in [6, 6.07) is 1.68. The molecule has 8 heteroatoms. The molecule has 0 spiro atoms. The van der Waals surface area contributed by atoms with Crippen molar-refractivity contribution in [3.05, 3.63) is 23.8 Å². The number of nitrogens with zero attached hydrogens (tertiary/aromatic N) is 5. The Kier molecular flexibility index (Phi) is 3.43. The van der Waals surface area contributed by atoms with Crippen molar-refractivity contribution in [1.82, 2.24) is 35.7 Å². The molecular weight excluding hydrogens is 222 g/mol. The number of aryl methyl sites for hydroxylation is 2. The first-order valence-corrected chi connectivity index (χ1v) is 5.26. The molecule has 0 radical (unpaired) electrons. The fourth-order valence-corrected chi connectivity index (χ4v) is 1.42. The second kappa shape index (κ2) is 5.19. The third-order valence-corrected chi connectivity index (χ3v) is 2.31. The molecule has 0 saturated carbocycles. The Morgan fingerprint density at radius 2 is 2.47 bits per heavy atom. The lowest BCUT2D eigenvalue weighted by Gasteiger charge is -2.03. The van der Waals surface area contributed by atoms with Gasteiger partial charge in [-0.05, 0) is 12.5 Å². The van der Waals surface area contributed by atoms with E-state index in [9.17, 15) is 4.79 Å². The molecule has 90 valence electrons. The Morgan fingerprint density at radius 3 is 3.12 bits per heavy atom. The predicted octanol–water partition coefficient (Wildman–Crippen LogP) is -0.704. The van der Waals surface area contributed by atoms with E-state index in [1.54, 1.807) is 19.3 Å². The Balaban J connectivity index is 1.72. The van der Waals surface area contributed by atoms with Gasteiger partial charge in [-0.15, -0.1) is 10.2 Å². The minimum Gasteiger partial charge on any atom is -0.351 e. The summed E-state index contributed by atoms with van der Waals surface area (Å²) in [4.78, 5) is 11.7. The molecule has 0 saturated heterocycles. The lowest BCUT2D eigenvalue weighted by molar-refractivity contribution is 0.0944. The molecule has 0 aliphatic heterocycles. The number of carbonyl (C=O) groups is 1. The Hall–Kier alpha value is -2.25. The number of tetrazole rings is 1. The number of hydrogen-bond donors (Lipinski definition) is 2. The van der Waals surface area contributed by atoms with Crippen molar-refractivity contribution in [1.29, 1.82) is 0 Å². The second-order valence-electron chi connectivity index (χ2n) is 3.53. The largest absolute Gasteiger partial charge is 0.351 e. The molecule has 0 aromatic carbocycles. The Labute approximate surface area is 97.4 Å². The summed E-state index contributed by atoms with van der Waals surface area (Å²) >= 11 is 0. The van der Waals surface area contributed by atoms with E-state index < -0.39 is 0 Å². The van der Waals surface area contributed by atoms with Crippen LogP contribution in [0.2, 0.25) is 0 Å². The highest BCUT2D eigenvalue weighted by Crippen LogP contribution is 1.96. The summed E-state index contributed by atoms with van der Waals surface area (Å²) in [6.07, 6.45) is 3.04. The summed E-state index contributed by atoms with van der Waals surface area (Å²) in [5, 5.41) is 20.2. The smallest absolute Gasteiger partial charge is 0.269 e. The van der Waals surface area contributed by atoms with Crippen LogP contribution in [0, 0.1) is 0 Å². The average molecular weight is 235 g/mol. The number of aromatic amines is 1. The topological polar surface area (TPSA) is 101 Å². The minimum atomic E-state index is -0.127. The van der Waals surface area contributed by atoms with E-state index in [1.165, 1.54) is 4.68 Å². The van der Waals surface area contributed by atoms with E-state index in [0.29, 0.717) is 24.5 Å². The molecule has 0 fully saturated rings. The van der Waals surface area contributed by atoms with Gasteiger partial charge in [0.2, 0.25) is 0 Å². The summed E-state index contributed by atoms with van der Waals surface area (Å²) in [6.45, 7) is 0.568. The summed E-state index contributed by atoms with van der Waals surface area (Å²) in [7, 11) is 1.73. The van der Waals surface area contributed by atoms with Crippen LogP contribution in [0.4, 0.5) is 0 Å². The van der Waals surface area contributed by atoms with Crippen LogP contribution in [0.3, 0.4) is 0 Å². The normalized spacial score (nSPS) is 10.4. The highest BCUT2D eigenvalue weighted by atomic mass is 16.2. The molecule has 8 nitrogen and oxygen atoms in total. The molecule has 2 N–H and O–H groups in total. The van der Waals surface area contributed by atoms with Crippen molar-refractivity contribution in [2.45, 2.75) is 12.8 Å². The number of aromatic nitrogens is 6. The summed E-state index contributed by atoms with van der Waals surface area (Å²) < 4.78 is 1.54. The maximum atomic E-state index is 11.7. The monoisotopic (exact) mass is 235 g/mol. The molecule has 0 unspecified atom stereocenters. The molecular formula is C9H13N7O. The van der Waals surface area contributed by atoms with Gasteiger partial charge in [0.05, 0.1) is 0 Å². The highest BCUT2D eigenvalue weighted by Gasteiger charge is 2.08. The van der Waals surface area contributed by atoms with Crippen LogP contribution in [0.1, 0.15) is 22.7 Å². The maximum absolute atomic E-state index is 11.7. The molecule has 0 aliphatic carbocycles. The highest BCUT2D eigenvalue weighted by molar-refractivity contribution is 5.92. The van der Waals surface area contributed by atoms with E-state index >= 15 is 0 Å². The molecule has 2 rings (SSSR count). The molecule has 1 amide bonds. The van der Waals surface area contributed by atoms with Gasteiger partial charge in [0.25, 0.3) is 5.91 Å². The minimum absolute atomic E-state index is 0.127. The van der Waals surface area contributed by atoms with E-state index in [2.05, 4.69) is 31.0 Å². The number of carbonyl (C=O) groups excluding carboxylic acids is 1. The zero-order valence-electron chi connectivity index (χ0n) is 9.42. The Morgan fingerprint density at radius 1 is 1.59 bits per heavy atom. The Bertz CT molecular complexity index is 475. The quantitative estimate of drug-likeness (QED) is 0.667. The van der Waals surface area contributed by atoms with Crippen LogP contribution in [0.15, 0.2) is 12.3 Å². The first-order valence-electron chi connectivity index (χ1n) is 5.26. The van der Waals surface area contributed by atoms with E-state index in [-0.39, 0.29) is 5.91 Å². The van der Waals surface area contributed by atoms with Gasteiger partial charge in [0.1, 0.15) is 5.69 Å². The van der Waals surface area contributed by atoms with Crippen LogP contribution in [0.5, 0.6) is 0 Å². The molecule has 0 bridgehead atoms. The zero-order valence-corrected chi connectivity index (χ0v) is 9.42. The van der Waals surface area contributed by atoms with Crippen molar-refractivity contribution in [2.24, 2.45) is 7.05 Å². The summed E-state index contributed by atoms with van der Waals surface area (Å²) in [5.41, 5.74) is 0.546. The predicted molar refractivity (Wildman–Crippen MR) is 58.0 cm³/mol. The van der Waals surface area contributed by atoms with Crippen molar-refractivity contribution in [3.63, 3.8) is 0 Å². The van der Waals surface area contributed by atoms with Gasteiger partial charge >= 0.3 is 0 Å². The number of amides is 1. The van der Waals surface area contributed by atoms with Gasteiger partial charge in [-0.2, -0.15) is 10.3 Å². The summed E-state index contributed by atoms with van der Waals surface area (Å²) in [5.74, 6) is 0.526. The van der Waals surface area contributed by atoms with E-state index in [1.807, 2.05) is 0 Å². The van der Waals surface area contributed by atoms with Crippen molar-refractivity contribution in [3.8, 4) is 0 Å². The van der Waals surface area contributed by atoms with Gasteiger partial charge in [0, 0.05) is 26.2 Å². The lowest BCUT2D eigenvalue weighted by Crippen LogP contribution is -2.26. The van der Waals surface area contributed by atoms with Crippen molar-refractivity contribution in [2.75, 3.05) is 6.54 Å². The number of nitrogens with one attached hydrogen (secondary N) is 2. The SMILES string of the molecule is Cn1nccc1C(=O)NCCCc1nn[nH]n1. The fourth-order valence-electron chi connectivity index (χ4n) is 1.42. The number of rotatable bonds is 5. The lowest BCUT2D eigenvalue weighted by atomic mass is 10.3. The van der Waals surface area contributed by atoms with E-state index in [0.717, 1.165) is 6.42 Å². The first-order chi connectivity index (χ1) is 8.27. The van der Waals surface area contributed by atoms with Crippen LogP contribution >= 0.6 is 0 Å². The maximum Gasteiger partial charge on any atom is 0.269 e. The van der Waals surface area contributed by atoms with Gasteiger partial charge in [-0.25, -0.2) is 0 Å². The fraction of sp³-hybridized carbons (Fsp3) is 0.444. The third kappa shape index (κ3) is 2.86. The van der Waals surface area contributed by atoms with Crippen LogP contribution < -0.4 is 5.32 Å². The molecule has 2 aromatic rings. The molecule has 17 heavy (non-hydrogen) atoms. The van der Waals surface area contributed by atoms with Gasteiger partial charge in [-0.1, -0.05) is 5.21 Å². The van der Waals surface area contributed by atoms with Crippen LogP contribution in [-0.2, 0) is 13.5 Å². The van der Waals surface area contributed by atoms with Crippen molar-refractivity contribution >= 4 is 5.91 Å². The van der Waals surface area contributed by atoms with Gasteiger partial charge in [0.15, 0.2) is 5.82 Å². The first kappa shape index (κ1) is 11.2. The van der Waals surface area contributed by atoms with Crippen LogP contribution in [-0.4, -0.2) is 42.9 Å². The van der Waals surface area contributed by atoms with Crippen molar-refractivity contribution < 1.29 is 4.79 Å². The van der Waals surface area contributed by atoms with Gasteiger partial charge < -0.3 is 5.32 Å². The molecule has 0 atom stereocenters. The zero-order chi connectivity index (χ0) is 12.1.